The Morgan fingerprint density at radius 2 is 2.30 bits per heavy atom. The Hall–Kier alpha value is -1.89. The first-order valence-electron chi connectivity index (χ1n) is 6.34. The Balaban J connectivity index is 2.15. The van der Waals surface area contributed by atoms with Gasteiger partial charge in [0.25, 0.3) is 0 Å². The Labute approximate surface area is 122 Å². The van der Waals surface area contributed by atoms with Gasteiger partial charge < -0.3 is 14.2 Å². The molecule has 0 saturated heterocycles. The van der Waals surface area contributed by atoms with Gasteiger partial charge in [0.2, 0.25) is 0 Å². The Bertz CT molecular complexity index is 605. The summed E-state index contributed by atoms with van der Waals surface area (Å²) in [5.41, 5.74) is 0.704. The summed E-state index contributed by atoms with van der Waals surface area (Å²) in [4.78, 5) is 23.0. The van der Waals surface area contributed by atoms with Crippen molar-refractivity contribution in [2.45, 2.75) is 20.4 Å². The van der Waals surface area contributed by atoms with Gasteiger partial charge in [0, 0.05) is 26.5 Å². The molecule has 7 heteroatoms. The number of hydrogen-bond donors (Lipinski definition) is 0. The first-order chi connectivity index (χ1) is 9.52. The van der Waals surface area contributed by atoms with E-state index >= 15 is 0 Å². The van der Waals surface area contributed by atoms with Gasteiger partial charge in [-0.2, -0.15) is 0 Å². The average Bonchev–Trinajstić information content (AvgIpc) is 2.97. The van der Waals surface area contributed by atoms with Crippen molar-refractivity contribution >= 4 is 22.4 Å². The lowest BCUT2D eigenvalue weighted by molar-refractivity contribution is 0.0531. The monoisotopic (exact) mass is 294 g/mol. The van der Waals surface area contributed by atoms with Gasteiger partial charge in [0.05, 0.1) is 18.8 Å². The molecule has 20 heavy (non-hydrogen) atoms. The molecule has 0 unspecified atom stereocenters. The van der Waals surface area contributed by atoms with Crippen molar-refractivity contribution in [3.8, 4) is 0 Å². The van der Waals surface area contributed by atoms with Gasteiger partial charge in [-0.15, -0.1) is 0 Å². The maximum absolute atomic E-state index is 11.8. The lowest BCUT2D eigenvalue weighted by Gasteiger charge is -2.14. The number of aromatic nitrogens is 3. The van der Waals surface area contributed by atoms with E-state index in [1.54, 1.807) is 13.1 Å². The van der Waals surface area contributed by atoms with Crippen molar-refractivity contribution in [1.29, 1.82) is 0 Å². The normalized spacial score (nSPS) is 10.6. The molecule has 0 N–H and O–H groups in total. The van der Waals surface area contributed by atoms with Gasteiger partial charge >= 0.3 is 5.97 Å². The average molecular weight is 294 g/mol. The molecule has 2 rings (SSSR count). The molecular formula is C13H18N4O2S. The van der Waals surface area contributed by atoms with Gasteiger partial charge in [-0.25, -0.2) is 14.8 Å². The number of rotatable bonds is 5. The van der Waals surface area contributed by atoms with Crippen LogP contribution >= 0.6 is 11.3 Å². The maximum atomic E-state index is 11.8. The summed E-state index contributed by atoms with van der Waals surface area (Å²) in [5, 5.41) is 0.786. The Morgan fingerprint density at radius 1 is 1.55 bits per heavy atom. The fraction of sp³-hybridized carbons (Fsp3) is 0.462. The zero-order valence-electron chi connectivity index (χ0n) is 12.1. The lowest BCUT2D eigenvalue weighted by atomic mass is 10.4. The van der Waals surface area contributed by atoms with Crippen molar-refractivity contribution in [3.63, 3.8) is 0 Å². The van der Waals surface area contributed by atoms with Crippen molar-refractivity contribution in [3.05, 3.63) is 28.8 Å². The van der Waals surface area contributed by atoms with Gasteiger partial charge in [0.1, 0.15) is 10.7 Å². The number of carbonyl (C=O) groups is 1. The molecule has 0 saturated carbocycles. The van der Waals surface area contributed by atoms with E-state index in [9.17, 15) is 4.79 Å². The van der Waals surface area contributed by atoms with Crippen molar-refractivity contribution in [2.75, 3.05) is 18.6 Å². The third-order valence-corrected chi connectivity index (χ3v) is 4.12. The highest BCUT2D eigenvalue weighted by Gasteiger charge is 2.18. The van der Waals surface area contributed by atoms with Crippen molar-refractivity contribution < 1.29 is 9.53 Å². The first kappa shape index (κ1) is 14.5. The Morgan fingerprint density at radius 3 is 2.90 bits per heavy atom. The van der Waals surface area contributed by atoms with E-state index in [2.05, 4.69) is 9.97 Å². The first-order valence-corrected chi connectivity index (χ1v) is 7.16. The van der Waals surface area contributed by atoms with E-state index in [-0.39, 0.29) is 5.97 Å². The van der Waals surface area contributed by atoms with Gasteiger partial charge in [-0.05, 0) is 13.8 Å². The number of aryl methyl sites for hydroxylation is 2. The number of nitrogens with zero attached hydrogens (tertiary/aromatic N) is 4. The smallest absolute Gasteiger partial charge is 0.350 e. The van der Waals surface area contributed by atoms with E-state index in [1.807, 2.05) is 36.7 Å². The van der Waals surface area contributed by atoms with Crippen LogP contribution in [0.1, 0.15) is 28.1 Å². The van der Waals surface area contributed by atoms with Crippen LogP contribution in [0, 0.1) is 6.92 Å². The fourth-order valence-electron chi connectivity index (χ4n) is 1.76. The number of ether oxygens (including phenoxy) is 1. The van der Waals surface area contributed by atoms with Gasteiger partial charge in [0.15, 0.2) is 5.13 Å². The highest BCUT2D eigenvalue weighted by Crippen LogP contribution is 2.26. The second-order valence-electron chi connectivity index (χ2n) is 4.44. The third kappa shape index (κ3) is 2.98. The summed E-state index contributed by atoms with van der Waals surface area (Å²) in [7, 11) is 3.88. The maximum Gasteiger partial charge on any atom is 0.350 e. The minimum atomic E-state index is -0.306. The molecule has 0 bridgehead atoms. The van der Waals surface area contributed by atoms with Crippen LogP contribution in [0.2, 0.25) is 0 Å². The number of thiazole rings is 1. The number of carbonyl (C=O) groups excluding carboxylic acids is 1. The lowest BCUT2D eigenvalue weighted by Crippen LogP contribution is -2.18. The molecule has 0 fully saturated rings. The van der Waals surface area contributed by atoms with E-state index in [1.165, 1.54) is 11.3 Å². The zero-order valence-corrected chi connectivity index (χ0v) is 12.9. The topological polar surface area (TPSA) is 60.2 Å². The van der Waals surface area contributed by atoms with E-state index in [4.69, 9.17) is 4.74 Å². The highest BCUT2D eigenvalue weighted by atomic mass is 32.1. The van der Waals surface area contributed by atoms with Crippen LogP contribution in [0.5, 0.6) is 0 Å². The predicted octanol–water partition coefficient (Wildman–Crippen LogP) is 2.00. The van der Waals surface area contributed by atoms with E-state index in [0.29, 0.717) is 23.7 Å². The number of esters is 1. The van der Waals surface area contributed by atoms with Gasteiger partial charge in [-0.3, -0.25) is 0 Å². The molecule has 0 spiro atoms. The molecule has 108 valence electrons. The third-order valence-electron chi connectivity index (χ3n) is 2.87. The molecule has 0 radical (unpaired) electrons. The van der Waals surface area contributed by atoms with Crippen LogP contribution in [0.25, 0.3) is 0 Å². The molecule has 2 aromatic heterocycles. The fourth-order valence-corrected chi connectivity index (χ4v) is 2.68. The molecule has 0 atom stereocenters. The molecule has 0 aliphatic heterocycles. The Kier molecular flexibility index (Phi) is 4.39. The highest BCUT2D eigenvalue weighted by molar-refractivity contribution is 7.17. The van der Waals surface area contributed by atoms with Crippen LogP contribution in [0.4, 0.5) is 5.13 Å². The molecule has 0 aromatic carbocycles. The largest absolute Gasteiger partial charge is 0.462 e. The summed E-state index contributed by atoms with van der Waals surface area (Å²) in [5.74, 6) is 0.636. The van der Waals surface area contributed by atoms with E-state index < -0.39 is 0 Å². The predicted molar refractivity (Wildman–Crippen MR) is 78.1 cm³/mol. The SMILES string of the molecule is CCOC(=O)c1sc(N(C)Cc2nccn2C)nc1C. The molecule has 2 heterocycles. The molecule has 0 amide bonds. The molecule has 0 aliphatic rings. The minimum Gasteiger partial charge on any atom is -0.462 e. The molecule has 6 nitrogen and oxygen atoms in total. The summed E-state index contributed by atoms with van der Waals surface area (Å²) in [6.07, 6.45) is 3.67. The zero-order chi connectivity index (χ0) is 14.7. The van der Waals surface area contributed by atoms with Crippen molar-refractivity contribution in [1.82, 2.24) is 14.5 Å². The van der Waals surface area contributed by atoms with Crippen LogP contribution in [0.3, 0.4) is 0 Å². The van der Waals surface area contributed by atoms with Crippen LogP contribution in [-0.4, -0.2) is 34.2 Å². The summed E-state index contributed by atoms with van der Waals surface area (Å²) < 4.78 is 6.98. The van der Waals surface area contributed by atoms with Gasteiger partial charge in [-0.1, -0.05) is 11.3 Å². The quantitative estimate of drug-likeness (QED) is 0.789. The molecule has 2 aromatic rings. The van der Waals surface area contributed by atoms with Crippen LogP contribution in [0.15, 0.2) is 12.4 Å². The molecular weight excluding hydrogens is 276 g/mol. The number of hydrogen-bond acceptors (Lipinski definition) is 6. The summed E-state index contributed by atoms with van der Waals surface area (Å²) in [6, 6.07) is 0. The second kappa shape index (κ2) is 6.04. The number of anilines is 1. The second-order valence-corrected chi connectivity index (χ2v) is 5.42. The van der Waals surface area contributed by atoms with E-state index in [0.717, 1.165) is 11.0 Å². The van der Waals surface area contributed by atoms with Crippen LogP contribution in [-0.2, 0) is 18.3 Å². The van der Waals surface area contributed by atoms with Crippen LogP contribution < -0.4 is 4.90 Å². The molecule has 0 aliphatic carbocycles. The standard InChI is InChI=1S/C13H18N4O2S/c1-5-19-12(18)11-9(2)15-13(20-11)17(4)8-10-14-6-7-16(10)3/h6-7H,5,8H2,1-4H3. The summed E-state index contributed by atoms with van der Waals surface area (Å²) >= 11 is 1.35. The summed E-state index contributed by atoms with van der Waals surface area (Å²) in [6.45, 7) is 4.62. The van der Waals surface area contributed by atoms with Crippen molar-refractivity contribution in [2.24, 2.45) is 7.05 Å². The number of imidazole rings is 1. The minimum absolute atomic E-state index is 0.306.